The van der Waals surface area contributed by atoms with Gasteiger partial charge in [-0.15, -0.1) is 0 Å². The van der Waals surface area contributed by atoms with Crippen LogP contribution in [0, 0.1) is 0 Å². The number of halogens is 1. The van der Waals surface area contributed by atoms with Crippen LogP contribution in [0.2, 0.25) is 5.02 Å². The van der Waals surface area contributed by atoms with Gasteiger partial charge in [0.1, 0.15) is 12.3 Å². The SMILES string of the molecule is CN(CC(O)c1ccc(O)cc1)C(=O)CN1C(=O)SC(=Cc2ccccc2Cl)C1=O. The van der Waals surface area contributed by atoms with E-state index in [0.717, 1.165) is 16.7 Å². The van der Waals surface area contributed by atoms with Gasteiger partial charge >= 0.3 is 0 Å². The van der Waals surface area contributed by atoms with Gasteiger partial charge in [-0.1, -0.05) is 41.9 Å². The third-order valence-corrected chi connectivity index (χ3v) is 5.76. The third kappa shape index (κ3) is 5.02. The Hall–Kier alpha value is -2.81. The highest BCUT2D eigenvalue weighted by Crippen LogP contribution is 2.33. The molecule has 1 atom stereocenters. The van der Waals surface area contributed by atoms with E-state index in [2.05, 4.69) is 0 Å². The van der Waals surface area contributed by atoms with Gasteiger partial charge in [0.05, 0.1) is 17.6 Å². The lowest BCUT2D eigenvalue weighted by molar-refractivity contribution is -0.135. The van der Waals surface area contributed by atoms with Crippen molar-refractivity contribution in [2.45, 2.75) is 6.10 Å². The van der Waals surface area contributed by atoms with Crippen LogP contribution < -0.4 is 0 Å². The molecule has 1 heterocycles. The van der Waals surface area contributed by atoms with Crippen LogP contribution in [-0.2, 0) is 9.59 Å². The van der Waals surface area contributed by atoms with Crippen LogP contribution in [-0.4, -0.2) is 57.2 Å². The summed E-state index contributed by atoms with van der Waals surface area (Å²) in [5.74, 6) is -0.987. The average molecular weight is 447 g/mol. The maximum Gasteiger partial charge on any atom is 0.294 e. The van der Waals surface area contributed by atoms with Crippen molar-refractivity contribution in [3.05, 3.63) is 69.6 Å². The van der Waals surface area contributed by atoms with E-state index in [1.54, 1.807) is 36.4 Å². The van der Waals surface area contributed by atoms with Gasteiger partial charge in [-0.2, -0.15) is 0 Å². The molecule has 1 unspecified atom stereocenters. The summed E-state index contributed by atoms with van der Waals surface area (Å²) < 4.78 is 0. The van der Waals surface area contributed by atoms with Gasteiger partial charge in [-0.25, -0.2) is 0 Å². The topological polar surface area (TPSA) is 98.2 Å². The Kier molecular flexibility index (Phi) is 6.81. The summed E-state index contributed by atoms with van der Waals surface area (Å²) in [6, 6.07) is 12.9. The normalized spacial score (nSPS) is 16.2. The largest absolute Gasteiger partial charge is 0.508 e. The molecule has 0 aromatic heterocycles. The molecule has 9 heteroatoms. The van der Waals surface area contributed by atoms with Crippen LogP contribution in [0.4, 0.5) is 4.79 Å². The summed E-state index contributed by atoms with van der Waals surface area (Å²) in [6.45, 7) is -0.460. The van der Waals surface area contributed by atoms with Gasteiger partial charge in [0.2, 0.25) is 5.91 Å². The number of carbonyl (C=O) groups excluding carboxylic acids is 3. The molecule has 1 aliphatic heterocycles. The number of phenols is 1. The van der Waals surface area contributed by atoms with Crippen LogP contribution in [0.5, 0.6) is 5.75 Å². The highest BCUT2D eigenvalue weighted by atomic mass is 35.5. The fourth-order valence-corrected chi connectivity index (χ4v) is 3.81. The number of benzene rings is 2. The number of hydrogen-bond acceptors (Lipinski definition) is 6. The summed E-state index contributed by atoms with van der Waals surface area (Å²) in [5.41, 5.74) is 1.13. The van der Waals surface area contributed by atoms with E-state index in [-0.39, 0.29) is 17.2 Å². The van der Waals surface area contributed by atoms with Crippen molar-refractivity contribution in [2.75, 3.05) is 20.1 Å². The van der Waals surface area contributed by atoms with Crippen molar-refractivity contribution in [3.8, 4) is 5.75 Å². The van der Waals surface area contributed by atoms with Gasteiger partial charge in [0, 0.05) is 12.1 Å². The van der Waals surface area contributed by atoms with Crippen molar-refractivity contribution < 1.29 is 24.6 Å². The Balaban J connectivity index is 1.64. The van der Waals surface area contributed by atoms with Crippen LogP contribution in [0.15, 0.2) is 53.4 Å². The number of rotatable bonds is 6. The molecule has 0 radical (unpaired) electrons. The molecule has 2 aromatic rings. The molecular formula is C21H19ClN2O5S. The number of hydrogen-bond donors (Lipinski definition) is 2. The molecule has 1 saturated heterocycles. The molecule has 3 rings (SSSR count). The number of amides is 3. The number of thioether (sulfide) groups is 1. The van der Waals surface area contributed by atoms with E-state index in [4.69, 9.17) is 11.6 Å². The van der Waals surface area contributed by atoms with E-state index in [1.165, 1.54) is 30.2 Å². The minimum Gasteiger partial charge on any atom is -0.508 e. The van der Waals surface area contributed by atoms with E-state index in [9.17, 15) is 24.6 Å². The number of aromatic hydroxyl groups is 1. The Morgan fingerprint density at radius 3 is 2.53 bits per heavy atom. The van der Waals surface area contributed by atoms with Crippen LogP contribution >= 0.6 is 23.4 Å². The molecular weight excluding hydrogens is 428 g/mol. The van der Waals surface area contributed by atoms with E-state index >= 15 is 0 Å². The Labute approximate surface area is 182 Å². The molecule has 1 aliphatic rings. The lowest BCUT2D eigenvalue weighted by Gasteiger charge is -2.23. The molecule has 156 valence electrons. The summed E-state index contributed by atoms with van der Waals surface area (Å²) in [7, 11) is 1.48. The molecule has 0 saturated carbocycles. The van der Waals surface area contributed by atoms with Crippen molar-refractivity contribution in [1.29, 1.82) is 0 Å². The molecule has 0 bridgehead atoms. The molecule has 0 spiro atoms. The lowest BCUT2D eigenvalue weighted by atomic mass is 10.1. The standard InChI is InChI=1S/C21H19ClN2O5S/c1-23(11-17(26)13-6-8-15(25)9-7-13)19(27)12-24-20(28)18(30-21(24)29)10-14-4-2-3-5-16(14)22/h2-10,17,25-26H,11-12H2,1H3. The summed E-state index contributed by atoms with van der Waals surface area (Å²) >= 11 is 6.84. The molecule has 0 aliphatic carbocycles. The first kappa shape index (κ1) is 21.9. The van der Waals surface area contributed by atoms with Crippen LogP contribution in [0.3, 0.4) is 0 Å². The van der Waals surface area contributed by atoms with Crippen molar-refractivity contribution >= 4 is 46.5 Å². The molecule has 1 fully saturated rings. The Morgan fingerprint density at radius 1 is 1.20 bits per heavy atom. The highest BCUT2D eigenvalue weighted by Gasteiger charge is 2.37. The summed E-state index contributed by atoms with van der Waals surface area (Å²) in [4.78, 5) is 39.7. The number of carbonyl (C=O) groups is 3. The van der Waals surface area contributed by atoms with Crippen molar-refractivity contribution in [1.82, 2.24) is 9.80 Å². The van der Waals surface area contributed by atoms with Gasteiger partial charge in [0.15, 0.2) is 0 Å². The number of aliphatic hydroxyl groups is 1. The fourth-order valence-electron chi connectivity index (χ4n) is 2.79. The Morgan fingerprint density at radius 2 is 1.87 bits per heavy atom. The van der Waals surface area contributed by atoms with Gasteiger partial charge in [0.25, 0.3) is 11.1 Å². The second-order valence-corrected chi connectivity index (χ2v) is 8.07. The predicted octanol–water partition coefficient (Wildman–Crippen LogP) is 3.27. The number of aliphatic hydroxyl groups excluding tert-OH is 1. The van der Waals surface area contributed by atoms with Crippen LogP contribution in [0.25, 0.3) is 6.08 Å². The zero-order chi connectivity index (χ0) is 21.8. The number of nitrogens with zero attached hydrogens (tertiary/aromatic N) is 2. The maximum atomic E-state index is 12.6. The first-order chi connectivity index (χ1) is 14.3. The number of likely N-dealkylation sites (N-methyl/N-ethyl adjacent to an activating group) is 1. The highest BCUT2D eigenvalue weighted by molar-refractivity contribution is 8.18. The zero-order valence-corrected chi connectivity index (χ0v) is 17.6. The van der Waals surface area contributed by atoms with E-state index < -0.39 is 29.7 Å². The summed E-state index contributed by atoms with van der Waals surface area (Å²) in [6.07, 6.45) is 0.547. The van der Waals surface area contributed by atoms with Crippen molar-refractivity contribution in [2.24, 2.45) is 0 Å². The fraction of sp³-hybridized carbons (Fsp3) is 0.190. The molecule has 30 heavy (non-hydrogen) atoms. The maximum absolute atomic E-state index is 12.6. The average Bonchev–Trinajstić information content (AvgIpc) is 2.97. The predicted molar refractivity (Wildman–Crippen MR) is 115 cm³/mol. The minimum atomic E-state index is -0.977. The first-order valence-corrected chi connectivity index (χ1v) is 10.2. The quantitative estimate of drug-likeness (QED) is 0.661. The summed E-state index contributed by atoms with van der Waals surface area (Å²) in [5, 5.41) is 19.5. The first-order valence-electron chi connectivity index (χ1n) is 8.97. The van der Waals surface area contributed by atoms with Gasteiger partial charge in [-0.05, 0) is 47.2 Å². The third-order valence-electron chi connectivity index (χ3n) is 4.51. The number of imide groups is 1. The lowest BCUT2D eigenvalue weighted by Crippen LogP contribution is -2.41. The Bertz CT molecular complexity index is 1010. The minimum absolute atomic E-state index is 0.0324. The molecule has 2 aromatic carbocycles. The van der Waals surface area contributed by atoms with Crippen LogP contribution in [0.1, 0.15) is 17.2 Å². The van der Waals surface area contributed by atoms with Crippen molar-refractivity contribution in [3.63, 3.8) is 0 Å². The van der Waals surface area contributed by atoms with E-state index in [1.807, 2.05) is 0 Å². The van der Waals surface area contributed by atoms with Gasteiger partial charge in [-0.3, -0.25) is 19.3 Å². The molecule has 3 amide bonds. The second-order valence-electron chi connectivity index (χ2n) is 6.67. The van der Waals surface area contributed by atoms with Gasteiger partial charge < -0.3 is 15.1 Å². The zero-order valence-electron chi connectivity index (χ0n) is 16.0. The van der Waals surface area contributed by atoms with E-state index in [0.29, 0.717) is 16.1 Å². The second kappa shape index (κ2) is 9.34. The monoisotopic (exact) mass is 446 g/mol. The number of phenolic OH excluding ortho intramolecular Hbond substituents is 1. The molecule has 7 nitrogen and oxygen atoms in total. The molecule has 2 N–H and O–H groups in total. The smallest absolute Gasteiger partial charge is 0.294 e.